The molecule has 1 aromatic rings. The third-order valence-electron chi connectivity index (χ3n) is 4.05. The number of ether oxygens (including phenoxy) is 1. The summed E-state index contributed by atoms with van der Waals surface area (Å²) in [6.45, 7) is 8.21. The van der Waals surface area contributed by atoms with E-state index in [1.54, 1.807) is 10.7 Å². The van der Waals surface area contributed by atoms with Crippen molar-refractivity contribution in [1.82, 2.24) is 20.0 Å². The number of fused-ring (bicyclic) bond motifs is 1. The fraction of sp³-hybridized carbons (Fsp3) is 0.600. The molecule has 6 heteroatoms. The molecule has 1 aromatic heterocycles. The first kappa shape index (κ1) is 14.1. The SMILES string of the molecule is C=CCN1CCC(NC(=O)c2cc3n(n2)CCCO3)CC1. The van der Waals surface area contributed by atoms with Crippen LogP contribution in [0.15, 0.2) is 18.7 Å². The summed E-state index contributed by atoms with van der Waals surface area (Å²) in [6.07, 6.45) is 4.82. The van der Waals surface area contributed by atoms with Crippen LogP contribution in [0.2, 0.25) is 0 Å². The summed E-state index contributed by atoms with van der Waals surface area (Å²) >= 11 is 0. The molecule has 0 radical (unpaired) electrons. The van der Waals surface area contributed by atoms with Crippen LogP contribution in [0.25, 0.3) is 0 Å². The molecule has 3 rings (SSSR count). The van der Waals surface area contributed by atoms with E-state index >= 15 is 0 Å². The summed E-state index contributed by atoms with van der Waals surface area (Å²) in [4.78, 5) is 14.6. The smallest absolute Gasteiger partial charge is 0.272 e. The minimum atomic E-state index is -0.0947. The predicted molar refractivity (Wildman–Crippen MR) is 79.5 cm³/mol. The van der Waals surface area contributed by atoms with Crippen molar-refractivity contribution in [2.24, 2.45) is 0 Å². The van der Waals surface area contributed by atoms with Crippen molar-refractivity contribution in [2.45, 2.75) is 31.8 Å². The Morgan fingerprint density at radius 2 is 2.29 bits per heavy atom. The summed E-state index contributed by atoms with van der Waals surface area (Å²) in [5.41, 5.74) is 0.459. The fourth-order valence-corrected chi connectivity index (χ4v) is 2.88. The number of rotatable bonds is 4. The third kappa shape index (κ3) is 3.26. The second kappa shape index (κ2) is 6.30. The predicted octanol–water partition coefficient (Wildman–Crippen LogP) is 1.05. The Labute approximate surface area is 124 Å². The lowest BCUT2D eigenvalue weighted by molar-refractivity contribution is 0.0908. The molecule has 1 fully saturated rings. The second-order valence-electron chi connectivity index (χ2n) is 5.63. The van der Waals surface area contributed by atoms with Crippen LogP contribution < -0.4 is 10.1 Å². The van der Waals surface area contributed by atoms with Gasteiger partial charge in [-0.3, -0.25) is 9.69 Å². The van der Waals surface area contributed by atoms with E-state index in [1.807, 2.05) is 6.08 Å². The monoisotopic (exact) mass is 290 g/mol. The number of hydrogen-bond acceptors (Lipinski definition) is 4. The van der Waals surface area contributed by atoms with Crippen LogP contribution in [0.4, 0.5) is 0 Å². The van der Waals surface area contributed by atoms with Crippen molar-refractivity contribution in [1.29, 1.82) is 0 Å². The lowest BCUT2D eigenvalue weighted by atomic mass is 10.0. The van der Waals surface area contributed by atoms with E-state index in [2.05, 4.69) is 21.9 Å². The Morgan fingerprint density at radius 3 is 3.00 bits per heavy atom. The Hall–Kier alpha value is -1.82. The lowest BCUT2D eigenvalue weighted by Gasteiger charge is -2.31. The first-order chi connectivity index (χ1) is 10.3. The van der Waals surface area contributed by atoms with E-state index in [0.29, 0.717) is 18.2 Å². The molecule has 0 unspecified atom stereocenters. The van der Waals surface area contributed by atoms with Gasteiger partial charge in [0.05, 0.1) is 6.61 Å². The first-order valence-corrected chi connectivity index (χ1v) is 7.61. The summed E-state index contributed by atoms with van der Waals surface area (Å²) in [7, 11) is 0. The van der Waals surface area contributed by atoms with Gasteiger partial charge in [0.25, 0.3) is 5.91 Å². The number of nitrogens with zero attached hydrogens (tertiary/aromatic N) is 3. The van der Waals surface area contributed by atoms with Gasteiger partial charge < -0.3 is 10.1 Å². The molecule has 0 bridgehead atoms. The Kier molecular flexibility index (Phi) is 4.24. The third-order valence-corrected chi connectivity index (χ3v) is 4.05. The zero-order valence-electron chi connectivity index (χ0n) is 12.3. The van der Waals surface area contributed by atoms with E-state index in [4.69, 9.17) is 4.74 Å². The fourth-order valence-electron chi connectivity index (χ4n) is 2.88. The summed E-state index contributed by atoms with van der Waals surface area (Å²) in [5.74, 6) is 0.606. The number of likely N-dealkylation sites (tertiary alicyclic amines) is 1. The normalized spacial score (nSPS) is 19.6. The maximum Gasteiger partial charge on any atom is 0.272 e. The van der Waals surface area contributed by atoms with Crippen molar-refractivity contribution in [3.05, 3.63) is 24.4 Å². The zero-order valence-corrected chi connectivity index (χ0v) is 12.3. The Bertz CT molecular complexity index is 494. The average Bonchev–Trinajstić information content (AvgIpc) is 2.94. The van der Waals surface area contributed by atoms with Crippen molar-refractivity contribution < 1.29 is 9.53 Å². The number of amides is 1. The molecule has 2 aliphatic heterocycles. The van der Waals surface area contributed by atoms with Gasteiger partial charge in [-0.1, -0.05) is 6.08 Å². The van der Waals surface area contributed by atoms with Gasteiger partial charge >= 0.3 is 0 Å². The van der Waals surface area contributed by atoms with Gasteiger partial charge in [-0.05, 0) is 12.8 Å². The van der Waals surface area contributed by atoms with Crippen LogP contribution in [-0.4, -0.2) is 52.9 Å². The van der Waals surface area contributed by atoms with Gasteiger partial charge in [-0.15, -0.1) is 6.58 Å². The van der Waals surface area contributed by atoms with Crippen LogP contribution in [0.1, 0.15) is 29.8 Å². The van der Waals surface area contributed by atoms with Crippen LogP contribution in [0.3, 0.4) is 0 Å². The zero-order chi connectivity index (χ0) is 14.7. The van der Waals surface area contributed by atoms with Gasteiger partial charge in [-0.2, -0.15) is 5.10 Å². The molecule has 1 N–H and O–H groups in total. The molecule has 2 aliphatic rings. The van der Waals surface area contributed by atoms with E-state index in [1.165, 1.54) is 0 Å². The maximum absolute atomic E-state index is 12.3. The molecule has 1 saturated heterocycles. The highest BCUT2D eigenvalue weighted by Gasteiger charge is 2.23. The van der Waals surface area contributed by atoms with Crippen LogP contribution >= 0.6 is 0 Å². The number of hydrogen-bond donors (Lipinski definition) is 1. The number of aromatic nitrogens is 2. The highest BCUT2D eigenvalue weighted by molar-refractivity contribution is 5.92. The number of nitrogens with one attached hydrogen (secondary N) is 1. The van der Waals surface area contributed by atoms with Crippen molar-refractivity contribution >= 4 is 5.91 Å². The Balaban J connectivity index is 1.54. The minimum Gasteiger partial charge on any atom is -0.478 e. The second-order valence-corrected chi connectivity index (χ2v) is 5.63. The Morgan fingerprint density at radius 1 is 1.48 bits per heavy atom. The number of aryl methyl sites for hydroxylation is 1. The van der Waals surface area contributed by atoms with Crippen LogP contribution in [0.5, 0.6) is 5.88 Å². The lowest BCUT2D eigenvalue weighted by Crippen LogP contribution is -2.44. The average molecular weight is 290 g/mol. The minimum absolute atomic E-state index is 0.0947. The van der Waals surface area contributed by atoms with E-state index in [0.717, 1.165) is 45.4 Å². The molecule has 0 saturated carbocycles. The largest absolute Gasteiger partial charge is 0.478 e. The number of piperidine rings is 1. The molecule has 0 spiro atoms. The van der Waals surface area contributed by atoms with Crippen LogP contribution in [-0.2, 0) is 6.54 Å². The number of carbonyl (C=O) groups is 1. The molecule has 114 valence electrons. The summed E-state index contributed by atoms with van der Waals surface area (Å²) in [5, 5.41) is 7.40. The molecule has 0 atom stereocenters. The molecule has 6 nitrogen and oxygen atoms in total. The molecule has 21 heavy (non-hydrogen) atoms. The van der Waals surface area contributed by atoms with Gasteiger partial charge in [-0.25, -0.2) is 4.68 Å². The summed E-state index contributed by atoms with van der Waals surface area (Å²) in [6, 6.07) is 1.97. The van der Waals surface area contributed by atoms with Crippen molar-refractivity contribution in [2.75, 3.05) is 26.2 Å². The van der Waals surface area contributed by atoms with E-state index < -0.39 is 0 Å². The topological polar surface area (TPSA) is 59.4 Å². The van der Waals surface area contributed by atoms with Gasteiger partial charge in [0.1, 0.15) is 0 Å². The maximum atomic E-state index is 12.3. The standard InChI is InChI=1S/C15H22N4O2/c1-2-6-18-8-4-12(5-9-18)16-15(20)13-11-14-19(17-13)7-3-10-21-14/h2,11-12H,1,3-10H2,(H,16,20). The highest BCUT2D eigenvalue weighted by atomic mass is 16.5. The molecular formula is C15H22N4O2. The van der Waals surface area contributed by atoms with Crippen molar-refractivity contribution in [3.63, 3.8) is 0 Å². The van der Waals surface area contributed by atoms with Crippen LogP contribution in [0, 0.1) is 0 Å². The molecule has 0 aromatic carbocycles. The van der Waals surface area contributed by atoms with Gasteiger partial charge in [0.15, 0.2) is 5.69 Å². The highest BCUT2D eigenvalue weighted by Crippen LogP contribution is 2.19. The molecule has 1 amide bonds. The van der Waals surface area contributed by atoms with Crippen molar-refractivity contribution in [3.8, 4) is 5.88 Å². The first-order valence-electron chi connectivity index (χ1n) is 7.61. The molecular weight excluding hydrogens is 268 g/mol. The van der Waals surface area contributed by atoms with Gasteiger partial charge in [0.2, 0.25) is 5.88 Å². The van der Waals surface area contributed by atoms with E-state index in [9.17, 15) is 4.79 Å². The molecule has 0 aliphatic carbocycles. The van der Waals surface area contributed by atoms with Gasteiger partial charge in [0, 0.05) is 44.7 Å². The van der Waals surface area contributed by atoms with E-state index in [-0.39, 0.29) is 11.9 Å². The summed E-state index contributed by atoms with van der Waals surface area (Å²) < 4.78 is 7.26. The molecule has 3 heterocycles. The quantitative estimate of drug-likeness (QED) is 0.842. The number of carbonyl (C=O) groups excluding carboxylic acids is 1.